The molecule has 1 saturated heterocycles. The summed E-state index contributed by atoms with van der Waals surface area (Å²) in [6.45, 7) is 1.05. The highest BCUT2D eigenvalue weighted by Crippen LogP contribution is 2.34. The smallest absolute Gasteiger partial charge is 0.134 e. The number of rotatable bonds is 1. The Hall–Kier alpha value is -0.540. The maximum absolute atomic E-state index is 9.77. The van der Waals surface area contributed by atoms with Gasteiger partial charge in [-0.2, -0.15) is 0 Å². The molecule has 3 heteroatoms. The average molecular weight is 242 g/mol. The normalized spacial score (nSPS) is 22.1. The number of hydrogen-bond donors (Lipinski definition) is 2. The van der Waals surface area contributed by atoms with Crippen molar-refractivity contribution in [2.24, 2.45) is 0 Å². The van der Waals surface area contributed by atoms with Crippen molar-refractivity contribution in [3.05, 3.63) is 28.2 Å². The van der Waals surface area contributed by atoms with E-state index in [0.29, 0.717) is 11.8 Å². The highest BCUT2D eigenvalue weighted by molar-refractivity contribution is 9.10. The van der Waals surface area contributed by atoms with E-state index in [1.165, 1.54) is 6.42 Å². The summed E-state index contributed by atoms with van der Waals surface area (Å²) in [5.74, 6) is 0.377. The zero-order valence-electron chi connectivity index (χ0n) is 7.26. The van der Waals surface area contributed by atoms with Crippen LogP contribution in [0.5, 0.6) is 5.75 Å². The van der Waals surface area contributed by atoms with Crippen LogP contribution in [0.15, 0.2) is 22.7 Å². The topological polar surface area (TPSA) is 32.3 Å². The maximum Gasteiger partial charge on any atom is 0.134 e. The molecule has 0 bridgehead atoms. The third-order valence-electron chi connectivity index (χ3n) is 2.45. The van der Waals surface area contributed by atoms with Gasteiger partial charge in [-0.3, -0.25) is 0 Å². The third-order valence-corrected chi connectivity index (χ3v) is 3.09. The van der Waals surface area contributed by atoms with Crippen LogP contribution in [-0.4, -0.2) is 11.7 Å². The highest BCUT2D eigenvalue weighted by Gasteiger charge is 2.19. The Labute approximate surface area is 86.1 Å². The molecule has 1 fully saturated rings. The third kappa shape index (κ3) is 1.71. The van der Waals surface area contributed by atoms with Crippen molar-refractivity contribution in [3.8, 4) is 5.75 Å². The molecule has 2 N–H and O–H groups in total. The zero-order chi connectivity index (χ0) is 9.26. The van der Waals surface area contributed by atoms with E-state index in [1.807, 2.05) is 18.2 Å². The molecule has 1 aliphatic heterocycles. The van der Waals surface area contributed by atoms with Crippen LogP contribution < -0.4 is 5.32 Å². The van der Waals surface area contributed by atoms with Crippen LogP contribution in [0.2, 0.25) is 0 Å². The van der Waals surface area contributed by atoms with E-state index in [-0.39, 0.29) is 0 Å². The molecule has 1 heterocycles. The predicted molar refractivity (Wildman–Crippen MR) is 55.8 cm³/mol. The van der Waals surface area contributed by atoms with Crippen LogP contribution in [0.3, 0.4) is 0 Å². The quantitative estimate of drug-likeness (QED) is 0.793. The summed E-state index contributed by atoms with van der Waals surface area (Å²) in [7, 11) is 0. The van der Waals surface area contributed by atoms with E-state index in [4.69, 9.17) is 0 Å². The number of phenolic OH excluding ortho intramolecular Hbond substituents is 1. The van der Waals surface area contributed by atoms with Gasteiger partial charge >= 0.3 is 0 Å². The average Bonchev–Trinajstić information content (AvgIpc) is 2.62. The zero-order valence-corrected chi connectivity index (χ0v) is 8.84. The van der Waals surface area contributed by atoms with E-state index in [1.54, 1.807) is 0 Å². The molecule has 0 aromatic heterocycles. The van der Waals surface area contributed by atoms with Gasteiger partial charge in [-0.25, -0.2) is 0 Å². The van der Waals surface area contributed by atoms with E-state index in [0.717, 1.165) is 23.0 Å². The maximum atomic E-state index is 9.77. The molecule has 1 aromatic carbocycles. The Balaban J connectivity index is 2.33. The largest absolute Gasteiger partial charge is 0.506 e. The van der Waals surface area contributed by atoms with Crippen molar-refractivity contribution < 1.29 is 5.11 Å². The Morgan fingerprint density at radius 1 is 1.46 bits per heavy atom. The number of halogens is 1. The lowest BCUT2D eigenvalue weighted by Crippen LogP contribution is -2.12. The van der Waals surface area contributed by atoms with Gasteiger partial charge in [0, 0.05) is 11.6 Å². The van der Waals surface area contributed by atoms with Crippen molar-refractivity contribution in [1.82, 2.24) is 5.32 Å². The van der Waals surface area contributed by atoms with Gasteiger partial charge in [0.05, 0.1) is 4.47 Å². The molecular weight excluding hydrogens is 230 g/mol. The first-order chi connectivity index (χ1) is 6.29. The molecule has 1 aromatic rings. The first-order valence-corrected chi connectivity index (χ1v) is 5.29. The monoisotopic (exact) mass is 241 g/mol. The summed E-state index contributed by atoms with van der Waals surface area (Å²) in [5.41, 5.74) is 1.01. The number of aromatic hydroxyl groups is 1. The number of hydrogen-bond acceptors (Lipinski definition) is 2. The standard InChI is InChI=1S/C10H12BrNO/c11-8-4-1-3-7(10(8)13)9-5-2-6-12-9/h1,3-4,9,12-13H,2,5-6H2. The van der Waals surface area contributed by atoms with Crippen molar-refractivity contribution >= 4 is 15.9 Å². The summed E-state index contributed by atoms with van der Waals surface area (Å²) in [6.07, 6.45) is 2.31. The van der Waals surface area contributed by atoms with Gasteiger partial charge in [0.25, 0.3) is 0 Å². The van der Waals surface area contributed by atoms with Crippen molar-refractivity contribution in [3.63, 3.8) is 0 Å². The lowest BCUT2D eigenvalue weighted by molar-refractivity contribution is 0.453. The van der Waals surface area contributed by atoms with Crippen LogP contribution in [0.4, 0.5) is 0 Å². The first kappa shape index (κ1) is 9.03. The van der Waals surface area contributed by atoms with Crippen molar-refractivity contribution in [1.29, 1.82) is 0 Å². The molecule has 2 rings (SSSR count). The SMILES string of the molecule is Oc1c(Br)cccc1C1CCCN1. The fourth-order valence-corrected chi connectivity index (χ4v) is 2.14. The van der Waals surface area contributed by atoms with Crippen LogP contribution in [-0.2, 0) is 0 Å². The fraction of sp³-hybridized carbons (Fsp3) is 0.400. The lowest BCUT2D eigenvalue weighted by Gasteiger charge is -2.12. The number of nitrogens with one attached hydrogen (secondary N) is 1. The highest BCUT2D eigenvalue weighted by atomic mass is 79.9. The first-order valence-electron chi connectivity index (χ1n) is 4.50. The molecule has 0 saturated carbocycles. The minimum atomic E-state index is 0.331. The van der Waals surface area contributed by atoms with E-state index < -0.39 is 0 Å². The van der Waals surface area contributed by atoms with Gasteiger partial charge in [-0.05, 0) is 41.4 Å². The van der Waals surface area contributed by atoms with E-state index in [2.05, 4.69) is 21.2 Å². The molecule has 70 valence electrons. The Bertz CT molecular complexity index is 308. The Morgan fingerprint density at radius 2 is 2.31 bits per heavy atom. The van der Waals surface area contributed by atoms with Crippen LogP contribution >= 0.6 is 15.9 Å². The Kier molecular flexibility index (Phi) is 2.56. The number of phenols is 1. The second kappa shape index (κ2) is 3.68. The molecule has 2 nitrogen and oxygen atoms in total. The lowest BCUT2D eigenvalue weighted by atomic mass is 10.0. The van der Waals surface area contributed by atoms with Gasteiger partial charge in [0.1, 0.15) is 5.75 Å². The summed E-state index contributed by atoms with van der Waals surface area (Å²) < 4.78 is 0.777. The molecule has 0 spiro atoms. The molecule has 1 aliphatic rings. The molecule has 0 amide bonds. The summed E-state index contributed by atoms with van der Waals surface area (Å²) in [4.78, 5) is 0. The second-order valence-corrected chi connectivity index (χ2v) is 4.18. The molecule has 0 aliphatic carbocycles. The second-order valence-electron chi connectivity index (χ2n) is 3.33. The van der Waals surface area contributed by atoms with E-state index >= 15 is 0 Å². The number of benzene rings is 1. The summed E-state index contributed by atoms with van der Waals surface area (Å²) in [6, 6.07) is 6.12. The summed E-state index contributed by atoms with van der Waals surface area (Å²) in [5, 5.41) is 13.1. The molecular formula is C10H12BrNO. The van der Waals surface area contributed by atoms with Crippen LogP contribution in [0, 0.1) is 0 Å². The minimum absolute atomic E-state index is 0.331. The minimum Gasteiger partial charge on any atom is -0.506 e. The molecule has 13 heavy (non-hydrogen) atoms. The predicted octanol–water partition coefficient (Wildman–Crippen LogP) is 2.58. The van der Waals surface area contributed by atoms with Crippen LogP contribution in [0.1, 0.15) is 24.4 Å². The molecule has 1 atom stereocenters. The van der Waals surface area contributed by atoms with Gasteiger partial charge in [0.2, 0.25) is 0 Å². The summed E-state index contributed by atoms with van der Waals surface area (Å²) >= 11 is 3.32. The van der Waals surface area contributed by atoms with Gasteiger partial charge in [-0.15, -0.1) is 0 Å². The van der Waals surface area contributed by atoms with Gasteiger partial charge in [0.15, 0.2) is 0 Å². The van der Waals surface area contributed by atoms with Crippen LogP contribution in [0.25, 0.3) is 0 Å². The van der Waals surface area contributed by atoms with Gasteiger partial charge in [-0.1, -0.05) is 12.1 Å². The molecule has 1 unspecified atom stereocenters. The van der Waals surface area contributed by atoms with Crippen molar-refractivity contribution in [2.75, 3.05) is 6.54 Å². The number of para-hydroxylation sites is 1. The Morgan fingerprint density at radius 3 is 3.00 bits per heavy atom. The van der Waals surface area contributed by atoms with Gasteiger partial charge < -0.3 is 10.4 Å². The van der Waals surface area contributed by atoms with E-state index in [9.17, 15) is 5.11 Å². The fourth-order valence-electron chi connectivity index (χ4n) is 1.76. The molecule has 0 radical (unpaired) electrons. The van der Waals surface area contributed by atoms with Crippen molar-refractivity contribution in [2.45, 2.75) is 18.9 Å².